The van der Waals surface area contributed by atoms with E-state index in [1.807, 2.05) is 24.3 Å². The molecule has 1 saturated carbocycles. The van der Waals surface area contributed by atoms with E-state index in [2.05, 4.69) is 0 Å². The first-order valence-electron chi connectivity index (χ1n) is 7.51. The summed E-state index contributed by atoms with van der Waals surface area (Å²) in [5.41, 5.74) is 6.76. The molecule has 6 heteroatoms. The van der Waals surface area contributed by atoms with Gasteiger partial charge in [-0.05, 0) is 42.3 Å². The first-order chi connectivity index (χ1) is 11.1. The van der Waals surface area contributed by atoms with E-state index in [1.165, 1.54) is 0 Å². The summed E-state index contributed by atoms with van der Waals surface area (Å²) in [6.07, 6.45) is 0. The summed E-state index contributed by atoms with van der Waals surface area (Å²) in [5.74, 6) is 1.20. The van der Waals surface area contributed by atoms with Crippen molar-refractivity contribution in [2.24, 2.45) is 11.7 Å². The Morgan fingerprint density at radius 1 is 1.04 bits per heavy atom. The Hall–Kier alpha value is -2.05. The molecule has 0 radical (unpaired) electrons. The van der Waals surface area contributed by atoms with Crippen LogP contribution in [-0.2, 0) is 9.84 Å². The molecule has 2 aliphatic rings. The third-order valence-corrected chi connectivity index (χ3v) is 6.87. The lowest BCUT2D eigenvalue weighted by molar-refractivity contribution is 0.174. The number of sulfone groups is 1. The second-order valence-electron chi connectivity index (χ2n) is 5.86. The smallest absolute Gasteiger partial charge is 0.231 e. The Labute approximate surface area is 134 Å². The number of fused-ring (bicyclic) bond motifs is 1. The third kappa shape index (κ3) is 2.29. The number of hydrogen-bond acceptors (Lipinski definition) is 5. The normalized spacial score (nSPS) is 25.3. The molecule has 2 aromatic carbocycles. The van der Waals surface area contributed by atoms with Crippen LogP contribution < -0.4 is 15.2 Å². The molecule has 0 unspecified atom stereocenters. The highest BCUT2D eigenvalue weighted by Crippen LogP contribution is 2.54. The molecule has 4 rings (SSSR count). The monoisotopic (exact) mass is 331 g/mol. The standard InChI is InChI=1S/C17H17NO4S/c18-9-13-16(11-6-7-14-15(8-11)22-10-21-14)17(13)23(19,20)12-4-2-1-3-5-12/h1-8,13,16-17H,9-10,18H2/t13-,16-,17+/m1/s1. The summed E-state index contributed by atoms with van der Waals surface area (Å²) < 4.78 is 36.4. The largest absolute Gasteiger partial charge is 0.454 e. The Bertz CT molecular complexity index is 835. The topological polar surface area (TPSA) is 78.6 Å². The summed E-state index contributed by atoms with van der Waals surface area (Å²) >= 11 is 0. The molecule has 0 aromatic heterocycles. The predicted octanol–water partition coefficient (Wildman–Crippen LogP) is 1.93. The Kier molecular flexibility index (Phi) is 3.32. The molecule has 1 heterocycles. The molecule has 5 nitrogen and oxygen atoms in total. The molecule has 2 N–H and O–H groups in total. The van der Waals surface area contributed by atoms with E-state index in [4.69, 9.17) is 15.2 Å². The number of rotatable bonds is 4. The molecule has 0 saturated heterocycles. The highest BCUT2D eigenvalue weighted by molar-refractivity contribution is 7.92. The van der Waals surface area contributed by atoms with Crippen molar-refractivity contribution in [3.8, 4) is 11.5 Å². The highest BCUT2D eigenvalue weighted by Gasteiger charge is 2.58. The van der Waals surface area contributed by atoms with Crippen molar-refractivity contribution in [3.63, 3.8) is 0 Å². The van der Waals surface area contributed by atoms with Gasteiger partial charge in [0, 0.05) is 5.92 Å². The van der Waals surface area contributed by atoms with Crippen LogP contribution in [0.15, 0.2) is 53.4 Å². The van der Waals surface area contributed by atoms with Gasteiger partial charge >= 0.3 is 0 Å². The maximum absolute atomic E-state index is 12.9. The lowest BCUT2D eigenvalue weighted by atomic mass is 10.1. The zero-order valence-electron chi connectivity index (χ0n) is 12.4. The minimum atomic E-state index is -3.39. The molecule has 2 aromatic rings. The van der Waals surface area contributed by atoms with Gasteiger partial charge in [-0.2, -0.15) is 0 Å². The zero-order chi connectivity index (χ0) is 16.0. The Balaban J connectivity index is 1.68. The van der Waals surface area contributed by atoms with Crippen molar-refractivity contribution in [1.29, 1.82) is 0 Å². The van der Waals surface area contributed by atoms with Gasteiger partial charge in [-0.15, -0.1) is 0 Å². The van der Waals surface area contributed by atoms with E-state index >= 15 is 0 Å². The molecule has 1 aliphatic carbocycles. The van der Waals surface area contributed by atoms with Gasteiger partial charge in [-0.3, -0.25) is 0 Å². The second-order valence-corrected chi connectivity index (χ2v) is 7.97. The van der Waals surface area contributed by atoms with E-state index in [0.29, 0.717) is 22.9 Å². The Morgan fingerprint density at radius 2 is 1.78 bits per heavy atom. The zero-order valence-corrected chi connectivity index (χ0v) is 13.2. The molecule has 1 aliphatic heterocycles. The molecular weight excluding hydrogens is 314 g/mol. The van der Waals surface area contributed by atoms with E-state index in [-0.39, 0.29) is 18.6 Å². The van der Waals surface area contributed by atoms with E-state index < -0.39 is 15.1 Å². The van der Waals surface area contributed by atoms with Crippen molar-refractivity contribution in [2.45, 2.75) is 16.1 Å². The molecular formula is C17H17NO4S. The van der Waals surface area contributed by atoms with Crippen molar-refractivity contribution in [2.75, 3.05) is 13.3 Å². The molecule has 3 atom stereocenters. The van der Waals surface area contributed by atoms with Crippen LogP contribution in [0.5, 0.6) is 11.5 Å². The van der Waals surface area contributed by atoms with Gasteiger partial charge in [0.15, 0.2) is 21.3 Å². The summed E-state index contributed by atoms with van der Waals surface area (Å²) in [5, 5.41) is -0.477. The molecule has 0 spiro atoms. The van der Waals surface area contributed by atoms with Crippen molar-refractivity contribution >= 4 is 9.84 Å². The fourth-order valence-corrected chi connectivity index (χ4v) is 5.62. The fourth-order valence-electron chi connectivity index (χ4n) is 3.37. The van der Waals surface area contributed by atoms with Crippen LogP contribution in [0.1, 0.15) is 11.5 Å². The van der Waals surface area contributed by atoms with Crippen LogP contribution in [0.4, 0.5) is 0 Å². The van der Waals surface area contributed by atoms with Crippen LogP contribution in [0.3, 0.4) is 0 Å². The molecule has 0 bridgehead atoms. The van der Waals surface area contributed by atoms with Gasteiger partial charge in [0.05, 0.1) is 10.1 Å². The lowest BCUT2D eigenvalue weighted by Crippen LogP contribution is -2.13. The summed E-state index contributed by atoms with van der Waals surface area (Å²) in [4.78, 5) is 0.353. The maximum atomic E-state index is 12.9. The van der Waals surface area contributed by atoms with Gasteiger partial charge in [0.1, 0.15) is 0 Å². The highest BCUT2D eigenvalue weighted by atomic mass is 32.2. The first kappa shape index (κ1) is 14.5. The fraction of sp³-hybridized carbons (Fsp3) is 0.294. The van der Waals surface area contributed by atoms with Crippen molar-refractivity contribution in [3.05, 3.63) is 54.1 Å². The van der Waals surface area contributed by atoms with E-state index in [1.54, 1.807) is 24.3 Å². The summed E-state index contributed by atoms with van der Waals surface area (Å²) in [6, 6.07) is 14.2. The maximum Gasteiger partial charge on any atom is 0.231 e. The molecule has 23 heavy (non-hydrogen) atoms. The summed E-state index contributed by atoms with van der Waals surface area (Å²) in [7, 11) is -3.39. The third-order valence-electron chi connectivity index (χ3n) is 4.58. The Morgan fingerprint density at radius 3 is 2.52 bits per heavy atom. The number of hydrogen-bond donors (Lipinski definition) is 1. The van der Waals surface area contributed by atoms with E-state index in [9.17, 15) is 8.42 Å². The minimum absolute atomic E-state index is 0.0689. The number of ether oxygens (including phenoxy) is 2. The predicted molar refractivity (Wildman–Crippen MR) is 85.3 cm³/mol. The quantitative estimate of drug-likeness (QED) is 0.926. The summed E-state index contributed by atoms with van der Waals surface area (Å²) in [6.45, 7) is 0.547. The SMILES string of the molecule is NC[C@@H]1[C@@H](c2ccc3c(c2)OCO3)[C@H]1S(=O)(=O)c1ccccc1. The van der Waals surface area contributed by atoms with Gasteiger partial charge in [0.25, 0.3) is 0 Å². The average molecular weight is 331 g/mol. The molecule has 120 valence electrons. The average Bonchev–Trinajstić information content (AvgIpc) is 3.15. The number of benzene rings is 2. The van der Waals surface area contributed by atoms with Crippen molar-refractivity contribution in [1.82, 2.24) is 0 Å². The lowest BCUT2D eigenvalue weighted by Gasteiger charge is -2.05. The van der Waals surface area contributed by atoms with Crippen molar-refractivity contribution < 1.29 is 17.9 Å². The minimum Gasteiger partial charge on any atom is -0.454 e. The van der Waals surface area contributed by atoms with Gasteiger partial charge in [0.2, 0.25) is 6.79 Å². The van der Waals surface area contributed by atoms with Crippen LogP contribution in [-0.4, -0.2) is 27.0 Å². The number of nitrogens with two attached hydrogens (primary N) is 1. The first-order valence-corrected chi connectivity index (χ1v) is 9.06. The second kappa shape index (κ2) is 5.25. The van der Waals surface area contributed by atoms with Crippen LogP contribution in [0.25, 0.3) is 0 Å². The van der Waals surface area contributed by atoms with Gasteiger partial charge in [-0.1, -0.05) is 24.3 Å². The van der Waals surface area contributed by atoms with Crippen LogP contribution in [0, 0.1) is 5.92 Å². The van der Waals surface area contributed by atoms with Crippen LogP contribution >= 0.6 is 0 Å². The van der Waals surface area contributed by atoms with Gasteiger partial charge < -0.3 is 15.2 Å². The van der Waals surface area contributed by atoms with Crippen LogP contribution in [0.2, 0.25) is 0 Å². The molecule has 1 fully saturated rings. The molecule has 0 amide bonds. The van der Waals surface area contributed by atoms with Gasteiger partial charge in [-0.25, -0.2) is 8.42 Å². The van der Waals surface area contributed by atoms with E-state index in [0.717, 1.165) is 5.56 Å².